The van der Waals surface area contributed by atoms with E-state index in [1.807, 2.05) is 6.07 Å². The molecule has 0 amide bonds. The highest BCUT2D eigenvalue weighted by molar-refractivity contribution is 5.15. The summed E-state index contributed by atoms with van der Waals surface area (Å²) in [5.41, 5.74) is 1.19. The Morgan fingerprint density at radius 2 is 2.00 bits per heavy atom. The Morgan fingerprint density at radius 3 is 2.53 bits per heavy atom. The largest absolute Gasteiger partial charge is 0.228 e. The maximum Gasteiger partial charge on any atom is 0.212 e. The van der Waals surface area contributed by atoms with Crippen LogP contribution in [0.25, 0.3) is 0 Å². The zero-order valence-electron chi connectivity index (χ0n) is 10.8. The summed E-state index contributed by atoms with van der Waals surface area (Å²) < 4.78 is 12.8. The third-order valence-electron chi connectivity index (χ3n) is 4.45. The third kappa shape index (κ3) is 3.05. The van der Waals surface area contributed by atoms with Gasteiger partial charge in [-0.25, -0.2) is 4.98 Å². The molecule has 0 bridgehead atoms. The highest BCUT2D eigenvalue weighted by Crippen LogP contribution is 2.38. The van der Waals surface area contributed by atoms with Gasteiger partial charge in [0.25, 0.3) is 0 Å². The zero-order chi connectivity index (χ0) is 12.3. The van der Waals surface area contributed by atoms with Crippen LogP contribution >= 0.6 is 0 Å². The lowest BCUT2D eigenvalue weighted by Crippen LogP contribution is -2.18. The van der Waals surface area contributed by atoms with Crippen molar-refractivity contribution in [1.29, 1.82) is 0 Å². The smallest absolute Gasteiger partial charge is 0.212 e. The van der Waals surface area contributed by atoms with E-state index in [-0.39, 0.29) is 5.95 Å². The molecule has 1 aliphatic carbocycles. The molecule has 0 spiro atoms. The normalized spacial score (nSPS) is 26.8. The molecule has 17 heavy (non-hydrogen) atoms. The number of rotatable bonds is 3. The molecule has 0 aliphatic heterocycles. The average molecular weight is 235 g/mol. The van der Waals surface area contributed by atoms with Crippen molar-refractivity contribution in [3.8, 4) is 0 Å². The van der Waals surface area contributed by atoms with Crippen LogP contribution in [-0.2, 0) is 0 Å². The van der Waals surface area contributed by atoms with E-state index in [2.05, 4.69) is 18.8 Å². The molecule has 1 fully saturated rings. The third-order valence-corrected chi connectivity index (χ3v) is 4.45. The van der Waals surface area contributed by atoms with Crippen LogP contribution in [0.2, 0.25) is 0 Å². The van der Waals surface area contributed by atoms with Crippen molar-refractivity contribution >= 4 is 0 Å². The molecule has 0 aromatic carbocycles. The minimum Gasteiger partial charge on any atom is -0.228 e. The Bertz CT molecular complexity index is 338. The minimum atomic E-state index is -0.379. The molecular weight excluding hydrogens is 213 g/mol. The van der Waals surface area contributed by atoms with Gasteiger partial charge in [0.15, 0.2) is 0 Å². The van der Waals surface area contributed by atoms with Crippen molar-refractivity contribution in [3.05, 3.63) is 29.8 Å². The molecule has 1 aromatic heterocycles. The van der Waals surface area contributed by atoms with Gasteiger partial charge in [0.1, 0.15) is 0 Å². The van der Waals surface area contributed by atoms with Crippen molar-refractivity contribution < 1.29 is 4.39 Å². The number of pyridine rings is 1. The fraction of sp³-hybridized carbons (Fsp3) is 0.667. The fourth-order valence-electron chi connectivity index (χ4n) is 3.03. The van der Waals surface area contributed by atoms with E-state index in [9.17, 15) is 4.39 Å². The number of hydrogen-bond donors (Lipinski definition) is 0. The van der Waals surface area contributed by atoms with Gasteiger partial charge in [0.2, 0.25) is 5.95 Å². The first-order chi connectivity index (χ1) is 8.20. The predicted molar refractivity (Wildman–Crippen MR) is 68.3 cm³/mol. The van der Waals surface area contributed by atoms with Crippen LogP contribution in [0.4, 0.5) is 4.39 Å². The van der Waals surface area contributed by atoms with E-state index in [4.69, 9.17) is 0 Å². The molecule has 1 heterocycles. The van der Waals surface area contributed by atoms with E-state index in [0.717, 1.165) is 11.8 Å². The molecule has 1 saturated carbocycles. The molecule has 2 heteroatoms. The first-order valence-electron chi connectivity index (χ1n) is 6.82. The van der Waals surface area contributed by atoms with E-state index < -0.39 is 0 Å². The summed E-state index contributed by atoms with van der Waals surface area (Å²) in [5.74, 6) is 1.83. The summed E-state index contributed by atoms with van der Waals surface area (Å²) in [6, 6.07) is 3.36. The topological polar surface area (TPSA) is 12.9 Å². The van der Waals surface area contributed by atoms with Gasteiger partial charge in [-0.3, -0.25) is 0 Å². The van der Waals surface area contributed by atoms with E-state index in [1.165, 1.54) is 43.7 Å². The number of halogens is 1. The molecule has 0 saturated heterocycles. The molecule has 1 aromatic rings. The van der Waals surface area contributed by atoms with Crippen molar-refractivity contribution in [3.63, 3.8) is 0 Å². The van der Waals surface area contributed by atoms with Crippen LogP contribution < -0.4 is 0 Å². The molecule has 94 valence electrons. The number of aromatic nitrogens is 1. The molecule has 1 nitrogen and oxygen atoms in total. The highest BCUT2D eigenvalue weighted by Gasteiger charge is 2.25. The van der Waals surface area contributed by atoms with Crippen LogP contribution in [0.5, 0.6) is 0 Å². The molecule has 2 rings (SSSR count). The first-order valence-corrected chi connectivity index (χ1v) is 6.82. The lowest BCUT2D eigenvalue weighted by molar-refractivity contribution is 0.244. The molecule has 1 aliphatic rings. The first kappa shape index (κ1) is 12.5. The van der Waals surface area contributed by atoms with Crippen molar-refractivity contribution in [2.45, 2.75) is 51.9 Å². The molecular formula is C15H22FN. The Morgan fingerprint density at radius 1 is 1.29 bits per heavy atom. The van der Waals surface area contributed by atoms with Crippen molar-refractivity contribution in [2.24, 2.45) is 11.8 Å². The zero-order valence-corrected chi connectivity index (χ0v) is 10.8. The molecule has 0 N–H and O–H groups in total. The second kappa shape index (κ2) is 5.61. The maximum atomic E-state index is 12.8. The number of hydrogen-bond acceptors (Lipinski definition) is 1. The van der Waals surface area contributed by atoms with Crippen molar-refractivity contribution in [2.75, 3.05) is 0 Å². The van der Waals surface area contributed by atoms with Gasteiger partial charge in [-0.15, -0.1) is 0 Å². The second-order valence-corrected chi connectivity index (χ2v) is 5.39. The van der Waals surface area contributed by atoms with E-state index in [1.54, 1.807) is 6.20 Å². The lowest BCUT2D eigenvalue weighted by atomic mass is 9.74. The summed E-state index contributed by atoms with van der Waals surface area (Å²) >= 11 is 0. The monoisotopic (exact) mass is 235 g/mol. The summed E-state index contributed by atoms with van der Waals surface area (Å²) in [6.07, 6.45) is 8.37. The van der Waals surface area contributed by atoms with Crippen LogP contribution in [0.15, 0.2) is 18.3 Å². The van der Waals surface area contributed by atoms with Crippen LogP contribution in [-0.4, -0.2) is 4.98 Å². The Balaban J connectivity index is 1.96. The maximum absolute atomic E-state index is 12.8. The fourth-order valence-corrected chi connectivity index (χ4v) is 3.03. The predicted octanol–water partition coefficient (Wildman–Crippen LogP) is 4.54. The minimum absolute atomic E-state index is 0.379. The van der Waals surface area contributed by atoms with E-state index in [0.29, 0.717) is 5.92 Å². The summed E-state index contributed by atoms with van der Waals surface area (Å²) in [4.78, 5) is 3.76. The lowest BCUT2D eigenvalue weighted by Gasteiger charge is -2.32. The van der Waals surface area contributed by atoms with Crippen molar-refractivity contribution in [1.82, 2.24) is 4.98 Å². The van der Waals surface area contributed by atoms with Gasteiger partial charge in [0, 0.05) is 6.20 Å². The standard InChI is InChI=1S/C15H22FN/c1-3-12-4-6-13(7-5-12)11(2)14-8-9-15(16)17-10-14/h8-13H,3-7H2,1-2H3. The van der Waals surface area contributed by atoms with Gasteiger partial charge in [-0.1, -0.05) is 39.2 Å². The Hall–Kier alpha value is -0.920. The average Bonchev–Trinajstić information content (AvgIpc) is 2.39. The van der Waals surface area contributed by atoms with Crippen LogP contribution in [0.3, 0.4) is 0 Å². The van der Waals surface area contributed by atoms with Gasteiger partial charge in [-0.2, -0.15) is 4.39 Å². The summed E-state index contributed by atoms with van der Waals surface area (Å²) in [5, 5.41) is 0. The van der Waals surface area contributed by atoms with Gasteiger partial charge < -0.3 is 0 Å². The van der Waals surface area contributed by atoms with Crippen LogP contribution in [0, 0.1) is 17.8 Å². The highest BCUT2D eigenvalue weighted by atomic mass is 19.1. The van der Waals surface area contributed by atoms with Gasteiger partial charge in [-0.05, 0) is 42.2 Å². The second-order valence-electron chi connectivity index (χ2n) is 5.39. The molecule has 1 unspecified atom stereocenters. The quantitative estimate of drug-likeness (QED) is 0.701. The summed E-state index contributed by atoms with van der Waals surface area (Å²) in [6.45, 7) is 4.55. The Kier molecular flexibility index (Phi) is 4.14. The Labute approximate surface area is 103 Å². The number of nitrogens with zero attached hydrogens (tertiary/aromatic N) is 1. The SMILES string of the molecule is CCC1CCC(C(C)c2ccc(F)nc2)CC1. The molecule has 1 atom stereocenters. The summed E-state index contributed by atoms with van der Waals surface area (Å²) in [7, 11) is 0. The van der Waals surface area contributed by atoms with E-state index >= 15 is 0 Å². The van der Waals surface area contributed by atoms with Gasteiger partial charge >= 0.3 is 0 Å². The molecule has 0 radical (unpaired) electrons. The van der Waals surface area contributed by atoms with Gasteiger partial charge in [0.05, 0.1) is 0 Å². The van der Waals surface area contributed by atoms with Crippen LogP contribution in [0.1, 0.15) is 57.4 Å².